The summed E-state index contributed by atoms with van der Waals surface area (Å²) in [6.45, 7) is 10.2. The van der Waals surface area contributed by atoms with Crippen molar-refractivity contribution in [2.75, 3.05) is 10.2 Å². The Bertz CT molecular complexity index is 1460. The molecule has 1 aliphatic rings. The molecule has 7 heteroatoms. The van der Waals surface area contributed by atoms with E-state index >= 15 is 0 Å². The van der Waals surface area contributed by atoms with E-state index in [0.29, 0.717) is 5.11 Å². The molecule has 1 fully saturated rings. The molecule has 6 nitrogen and oxygen atoms in total. The van der Waals surface area contributed by atoms with Crippen molar-refractivity contribution in [2.45, 2.75) is 46.7 Å². The Hall–Kier alpha value is -3.97. The van der Waals surface area contributed by atoms with Gasteiger partial charge in [0, 0.05) is 35.9 Å². The number of nitrogens with one attached hydrogen (secondary N) is 2. The first kappa shape index (κ1) is 24.7. The molecule has 37 heavy (non-hydrogen) atoms. The topological polar surface area (TPSA) is 62.2 Å². The number of hydrogen-bond donors (Lipinski definition) is 2. The number of aromatic nitrogens is 2. The van der Waals surface area contributed by atoms with Gasteiger partial charge in [-0.05, 0) is 99.1 Å². The van der Waals surface area contributed by atoms with Gasteiger partial charge in [-0.2, -0.15) is 0 Å². The highest BCUT2D eigenvalue weighted by Gasteiger charge is 2.42. The van der Waals surface area contributed by atoms with Gasteiger partial charge in [-0.1, -0.05) is 24.3 Å². The van der Waals surface area contributed by atoms with Crippen LogP contribution in [0.1, 0.15) is 52.8 Å². The van der Waals surface area contributed by atoms with Crippen LogP contribution in [0.5, 0.6) is 0 Å². The SMILES string of the molecule is CC(=O)Nc1ccc(N2C(=S)N[C@H](c3ccccn3)[C@H]2c2cc(C)n(-c3c(C)cccc3C)c2C)cc1. The number of thiocarbonyl (C=S) groups is 1. The number of hydrogen-bond acceptors (Lipinski definition) is 3. The normalized spacial score (nSPS) is 17.1. The number of carbonyl (C=O) groups excluding carboxylic acids is 1. The van der Waals surface area contributed by atoms with Crippen molar-refractivity contribution in [3.8, 4) is 5.69 Å². The third-order valence-electron chi connectivity index (χ3n) is 7.02. The average molecular weight is 510 g/mol. The third kappa shape index (κ3) is 4.51. The summed E-state index contributed by atoms with van der Waals surface area (Å²) in [5, 5.41) is 7.03. The minimum absolute atomic E-state index is 0.0989. The first-order valence-corrected chi connectivity index (χ1v) is 12.8. The highest BCUT2D eigenvalue weighted by Crippen LogP contribution is 2.44. The monoisotopic (exact) mass is 509 g/mol. The van der Waals surface area contributed by atoms with E-state index in [1.807, 2.05) is 48.7 Å². The molecule has 2 atom stereocenters. The molecule has 0 unspecified atom stereocenters. The quantitative estimate of drug-likeness (QED) is 0.312. The molecule has 0 saturated carbocycles. The molecule has 1 aliphatic heterocycles. The second kappa shape index (κ2) is 9.82. The Kier molecular flexibility index (Phi) is 6.56. The Balaban J connectivity index is 1.66. The molecular formula is C30H31N5OS. The zero-order chi connectivity index (χ0) is 26.3. The van der Waals surface area contributed by atoms with Crippen molar-refractivity contribution < 1.29 is 4.79 Å². The van der Waals surface area contributed by atoms with Gasteiger partial charge < -0.3 is 20.1 Å². The number of aryl methyl sites for hydroxylation is 3. The maximum Gasteiger partial charge on any atom is 0.221 e. The van der Waals surface area contributed by atoms with Crippen molar-refractivity contribution in [3.63, 3.8) is 0 Å². The maximum absolute atomic E-state index is 11.5. The number of para-hydroxylation sites is 1. The highest BCUT2D eigenvalue weighted by atomic mass is 32.1. The predicted molar refractivity (Wildman–Crippen MR) is 153 cm³/mol. The summed E-state index contributed by atoms with van der Waals surface area (Å²) < 4.78 is 2.36. The van der Waals surface area contributed by atoms with Crippen LogP contribution in [0.3, 0.4) is 0 Å². The van der Waals surface area contributed by atoms with E-state index in [0.717, 1.165) is 17.1 Å². The second-order valence-corrected chi connectivity index (χ2v) is 10.0. The number of pyridine rings is 1. The molecule has 1 amide bonds. The van der Waals surface area contributed by atoms with E-state index in [1.165, 1.54) is 40.7 Å². The summed E-state index contributed by atoms with van der Waals surface area (Å²) >= 11 is 5.91. The van der Waals surface area contributed by atoms with Gasteiger partial charge in [0.05, 0.1) is 23.5 Å². The number of amides is 1. The molecule has 0 radical (unpaired) electrons. The number of nitrogens with zero attached hydrogens (tertiary/aromatic N) is 3. The van der Waals surface area contributed by atoms with Gasteiger partial charge >= 0.3 is 0 Å². The number of anilines is 2. The minimum atomic E-state index is -0.129. The Morgan fingerprint density at radius 2 is 1.68 bits per heavy atom. The summed E-state index contributed by atoms with van der Waals surface area (Å²) in [5.74, 6) is -0.0989. The molecule has 2 aromatic heterocycles. The Morgan fingerprint density at radius 1 is 0.973 bits per heavy atom. The van der Waals surface area contributed by atoms with Gasteiger partial charge in [0.25, 0.3) is 0 Å². The lowest BCUT2D eigenvalue weighted by Gasteiger charge is -2.28. The lowest BCUT2D eigenvalue weighted by Crippen LogP contribution is -2.29. The maximum atomic E-state index is 11.5. The smallest absolute Gasteiger partial charge is 0.221 e. The molecule has 188 valence electrons. The fraction of sp³-hybridized carbons (Fsp3) is 0.233. The van der Waals surface area contributed by atoms with E-state index in [2.05, 4.69) is 77.0 Å². The van der Waals surface area contributed by atoms with Gasteiger partial charge in [0.2, 0.25) is 5.91 Å². The van der Waals surface area contributed by atoms with Gasteiger partial charge in [-0.25, -0.2) is 0 Å². The van der Waals surface area contributed by atoms with Gasteiger partial charge in [0.1, 0.15) is 0 Å². The van der Waals surface area contributed by atoms with E-state index in [1.54, 1.807) is 0 Å². The molecule has 2 N–H and O–H groups in total. The van der Waals surface area contributed by atoms with Crippen molar-refractivity contribution in [2.24, 2.45) is 0 Å². The van der Waals surface area contributed by atoms with Crippen molar-refractivity contribution in [1.82, 2.24) is 14.9 Å². The molecular weight excluding hydrogens is 478 g/mol. The minimum Gasteiger partial charge on any atom is -0.351 e. The number of benzene rings is 2. The van der Waals surface area contributed by atoms with Gasteiger partial charge in [-0.15, -0.1) is 0 Å². The van der Waals surface area contributed by atoms with Crippen LogP contribution >= 0.6 is 12.2 Å². The molecule has 5 rings (SSSR count). The largest absolute Gasteiger partial charge is 0.351 e. The van der Waals surface area contributed by atoms with Crippen LogP contribution in [-0.4, -0.2) is 20.6 Å². The van der Waals surface area contributed by atoms with Crippen LogP contribution in [-0.2, 0) is 4.79 Å². The van der Waals surface area contributed by atoms with Crippen LogP contribution in [0.15, 0.2) is 72.9 Å². The van der Waals surface area contributed by atoms with Crippen LogP contribution in [0.25, 0.3) is 5.69 Å². The molecule has 0 spiro atoms. The molecule has 4 aromatic rings. The fourth-order valence-electron chi connectivity index (χ4n) is 5.45. The van der Waals surface area contributed by atoms with E-state index < -0.39 is 0 Å². The van der Waals surface area contributed by atoms with Crippen LogP contribution < -0.4 is 15.5 Å². The van der Waals surface area contributed by atoms with Crippen molar-refractivity contribution in [1.29, 1.82) is 0 Å². The van der Waals surface area contributed by atoms with Crippen LogP contribution in [0.4, 0.5) is 11.4 Å². The molecule has 2 aromatic carbocycles. The summed E-state index contributed by atoms with van der Waals surface area (Å²) in [4.78, 5) is 18.4. The van der Waals surface area contributed by atoms with Gasteiger partial charge in [-0.3, -0.25) is 9.78 Å². The van der Waals surface area contributed by atoms with Crippen LogP contribution in [0, 0.1) is 27.7 Å². The van der Waals surface area contributed by atoms with E-state index in [9.17, 15) is 4.79 Å². The predicted octanol–water partition coefficient (Wildman–Crippen LogP) is 6.24. The summed E-state index contributed by atoms with van der Waals surface area (Å²) in [7, 11) is 0. The van der Waals surface area contributed by atoms with Crippen molar-refractivity contribution >= 4 is 34.6 Å². The third-order valence-corrected chi connectivity index (χ3v) is 7.33. The van der Waals surface area contributed by atoms with E-state index in [-0.39, 0.29) is 18.0 Å². The van der Waals surface area contributed by atoms with Gasteiger partial charge in [0.15, 0.2) is 5.11 Å². The number of rotatable bonds is 5. The highest BCUT2D eigenvalue weighted by molar-refractivity contribution is 7.80. The average Bonchev–Trinajstić information content (AvgIpc) is 3.35. The van der Waals surface area contributed by atoms with Crippen LogP contribution in [0.2, 0.25) is 0 Å². The lowest BCUT2D eigenvalue weighted by molar-refractivity contribution is -0.114. The molecule has 0 bridgehead atoms. The summed E-state index contributed by atoms with van der Waals surface area (Å²) in [6, 6.07) is 22.2. The first-order chi connectivity index (χ1) is 17.8. The Morgan fingerprint density at radius 3 is 2.30 bits per heavy atom. The Labute approximate surface area is 223 Å². The zero-order valence-corrected chi connectivity index (χ0v) is 22.6. The summed E-state index contributed by atoms with van der Waals surface area (Å²) in [6.07, 6.45) is 1.82. The first-order valence-electron chi connectivity index (χ1n) is 12.4. The van der Waals surface area contributed by atoms with Crippen molar-refractivity contribution in [3.05, 3.63) is 107 Å². The molecule has 1 saturated heterocycles. The second-order valence-electron chi connectivity index (χ2n) is 9.63. The molecule has 3 heterocycles. The van der Waals surface area contributed by atoms with E-state index in [4.69, 9.17) is 12.2 Å². The summed E-state index contributed by atoms with van der Waals surface area (Å²) in [5.41, 5.74) is 9.86. The number of carbonyl (C=O) groups is 1. The zero-order valence-electron chi connectivity index (χ0n) is 21.7. The standard InChI is InChI=1S/C30H31N5OS/c1-18-9-8-10-19(2)28(18)34-20(3)17-25(21(34)4)29-27(26-11-6-7-16-31-26)33-30(37)35(29)24-14-12-23(13-15-24)32-22(5)36/h6-17,27,29H,1-5H3,(H,32,36)(H,33,37)/t27-,29-/m1/s1. The lowest BCUT2D eigenvalue weighted by atomic mass is 9.96. The fourth-order valence-corrected chi connectivity index (χ4v) is 5.79. The molecule has 0 aliphatic carbocycles.